The number of hydrogen-bond acceptors (Lipinski definition) is 5. The molecular formula is C16H21NO3S. The van der Waals surface area contributed by atoms with Crippen molar-refractivity contribution in [3.05, 3.63) is 21.9 Å². The monoisotopic (exact) mass is 307 g/mol. The lowest BCUT2D eigenvalue weighted by molar-refractivity contribution is -0.147. The first kappa shape index (κ1) is 16.0. The highest BCUT2D eigenvalue weighted by molar-refractivity contribution is 7.10. The smallest absolute Gasteiger partial charge is 0.308 e. The zero-order valence-corrected chi connectivity index (χ0v) is 13.1. The van der Waals surface area contributed by atoms with Crippen LogP contribution < -0.4 is 0 Å². The molecule has 0 radical (unpaired) electrons. The van der Waals surface area contributed by atoms with Gasteiger partial charge in [-0.25, -0.2) is 0 Å². The van der Waals surface area contributed by atoms with Gasteiger partial charge in [0.15, 0.2) is 0 Å². The van der Waals surface area contributed by atoms with Crippen molar-refractivity contribution in [2.24, 2.45) is 5.92 Å². The largest absolute Gasteiger partial charge is 0.469 e. The summed E-state index contributed by atoms with van der Waals surface area (Å²) in [5, 5.41) is 10.8. The van der Waals surface area contributed by atoms with Crippen molar-refractivity contribution < 1.29 is 14.6 Å². The SMILES string of the molecule is COC(=O)C1CCN(Cc2sccc2C#CCCO)CC1. The molecule has 1 fully saturated rings. The average Bonchev–Trinajstić information content (AvgIpc) is 2.95. The minimum absolute atomic E-state index is 0.0541. The number of aliphatic hydroxyl groups is 1. The van der Waals surface area contributed by atoms with Crippen LogP contribution in [0, 0.1) is 17.8 Å². The fourth-order valence-corrected chi connectivity index (χ4v) is 3.36. The number of likely N-dealkylation sites (tertiary alicyclic amines) is 1. The van der Waals surface area contributed by atoms with Crippen LogP contribution in [0.1, 0.15) is 29.7 Å². The molecule has 1 aliphatic heterocycles. The van der Waals surface area contributed by atoms with E-state index in [9.17, 15) is 4.79 Å². The predicted octanol–water partition coefficient (Wildman–Crippen LogP) is 1.87. The molecule has 0 aliphatic carbocycles. The number of nitrogens with zero attached hydrogens (tertiary/aromatic N) is 1. The van der Waals surface area contributed by atoms with E-state index < -0.39 is 0 Å². The molecular weight excluding hydrogens is 286 g/mol. The molecule has 1 aromatic rings. The molecule has 2 rings (SSSR count). The van der Waals surface area contributed by atoms with Crippen molar-refractivity contribution in [2.75, 3.05) is 26.8 Å². The predicted molar refractivity (Wildman–Crippen MR) is 82.9 cm³/mol. The fourth-order valence-electron chi connectivity index (χ4n) is 2.48. The van der Waals surface area contributed by atoms with Gasteiger partial charge in [0.1, 0.15) is 0 Å². The number of esters is 1. The Morgan fingerprint density at radius 3 is 2.95 bits per heavy atom. The summed E-state index contributed by atoms with van der Waals surface area (Å²) in [4.78, 5) is 15.1. The molecule has 0 bridgehead atoms. The van der Waals surface area contributed by atoms with Gasteiger partial charge in [0.2, 0.25) is 0 Å². The molecule has 0 saturated carbocycles. The molecule has 1 N–H and O–H groups in total. The first-order valence-electron chi connectivity index (χ1n) is 7.21. The van der Waals surface area contributed by atoms with Gasteiger partial charge in [-0.1, -0.05) is 11.8 Å². The maximum Gasteiger partial charge on any atom is 0.308 e. The Morgan fingerprint density at radius 1 is 1.52 bits per heavy atom. The van der Waals surface area contributed by atoms with Gasteiger partial charge in [0, 0.05) is 23.4 Å². The topological polar surface area (TPSA) is 49.8 Å². The van der Waals surface area contributed by atoms with Crippen LogP contribution in [0.15, 0.2) is 11.4 Å². The summed E-state index contributed by atoms with van der Waals surface area (Å²) in [6.07, 6.45) is 2.24. The highest BCUT2D eigenvalue weighted by Crippen LogP contribution is 2.23. The summed E-state index contributed by atoms with van der Waals surface area (Å²) < 4.78 is 4.81. The van der Waals surface area contributed by atoms with Gasteiger partial charge in [0.25, 0.3) is 0 Å². The lowest BCUT2D eigenvalue weighted by atomic mass is 9.97. The third kappa shape index (κ3) is 4.57. The quantitative estimate of drug-likeness (QED) is 0.681. The van der Waals surface area contributed by atoms with Gasteiger partial charge in [-0.05, 0) is 37.4 Å². The van der Waals surface area contributed by atoms with Crippen molar-refractivity contribution in [1.29, 1.82) is 0 Å². The second-order valence-electron chi connectivity index (χ2n) is 5.11. The van der Waals surface area contributed by atoms with Crippen molar-refractivity contribution >= 4 is 17.3 Å². The number of rotatable bonds is 4. The van der Waals surface area contributed by atoms with Gasteiger partial charge >= 0.3 is 5.97 Å². The van der Waals surface area contributed by atoms with Crippen molar-refractivity contribution in [2.45, 2.75) is 25.8 Å². The minimum atomic E-state index is -0.0821. The molecule has 1 aromatic heterocycles. The van der Waals surface area contributed by atoms with Gasteiger partial charge in [-0.3, -0.25) is 9.69 Å². The molecule has 0 atom stereocenters. The van der Waals surface area contributed by atoms with Crippen LogP contribution in [-0.2, 0) is 16.1 Å². The molecule has 2 heterocycles. The molecule has 4 nitrogen and oxygen atoms in total. The first-order valence-corrected chi connectivity index (χ1v) is 8.09. The van der Waals surface area contributed by atoms with Crippen LogP contribution >= 0.6 is 11.3 Å². The van der Waals surface area contributed by atoms with Crippen LogP contribution in [0.3, 0.4) is 0 Å². The molecule has 1 aliphatic rings. The molecule has 0 aromatic carbocycles. The number of ether oxygens (including phenoxy) is 1. The van der Waals surface area contributed by atoms with Crippen LogP contribution in [0.2, 0.25) is 0 Å². The van der Waals surface area contributed by atoms with Crippen molar-refractivity contribution in [3.63, 3.8) is 0 Å². The van der Waals surface area contributed by atoms with E-state index >= 15 is 0 Å². The molecule has 21 heavy (non-hydrogen) atoms. The van der Waals surface area contributed by atoms with Crippen LogP contribution in [0.4, 0.5) is 0 Å². The first-order chi connectivity index (χ1) is 10.2. The van der Waals surface area contributed by atoms with Gasteiger partial charge in [-0.15, -0.1) is 11.3 Å². The van der Waals surface area contributed by atoms with E-state index in [-0.39, 0.29) is 18.5 Å². The maximum absolute atomic E-state index is 11.5. The molecule has 1 saturated heterocycles. The summed E-state index contributed by atoms with van der Waals surface area (Å²) in [7, 11) is 1.46. The normalized spacial score (nSPS) is 16.3. The van der Waals surface area contributed by atoms with E-state index in [1.165, 1.54) is 12.0 Å². The highest BCUT2D eigenvalue weighted by Gasteiger charge is 2.25. The second kappa shape index (κ2) is 8.18. The summed E-state index contributed by atoms with van der Waals surface area (Å²) in [5.74, 6) is 6.06. The van der Waals surface area contributed by atoms with E-state index in [0.29, 0.717) is 6.42 Å². The van der Waals surface area contributed by atoms with Crippen molar-refractivity contribution in [1.82, 2.24) is 4.90 Å². The van der Waals surface area contributed by atoms with Crippen LogP contribution in [0.5, 0.6) is 0 Å². The van der Waals surface area contributed by atoms with Gasteiger partial charge in [-0.2, -0.15) is 0 Å². The molecule has 0 unspecified atom stereocenters. The number of aliphatic hydroxyl groups excluding tert-OH is 1. The van der Waals surface area contributed by atoms with E-state index in [4.69, 9.17) is 9.84 Å². The Balaban J connectivity index is 1.88. The number of piperidine rings is 1. The summed E-state index contributed by atoms with van der Waals surface area (Å²) in [6, 6.07) is 2.03. The number of carbonyl (C=O) groups is 1. The Labute approximate surface area is 129 Å². The molecule has 0 amide bonds. The standard InChI is InChI=1S/C16H21NO3S/c1-20-16(19)14-5-8-17(9-6-14)12-15-13(7-11-21-15)4-2-3-10-18/h7,11,14,18H,3,5-6,8-10,12H2,1H3. The maximum atomic E-state index is 11.5. The number of methoxy groups -OCH3 is 1. The Hall–Kier alpha value is -1.35. The van der Waals surface area contributed by atoms with Gasteiger partial charge in [0.05, 0.1) is 19.6 Å². The fraction of sp³-hybridized carbons (Fsp3) is 0.562. The lowest BCUT2D eigenvalue weighted by Crippen LogP contribution is -2.36. The minimum Gasteiger partial charge on any atom is -0.469 e. The zero-order chi connectivity index (χ0) is 15.1. The van der Waals surface area contributed by atoms with E-state index in [1.807, 2.05) is 6.07 Å². The average molecular weight is 307 g/mol. The summed E-state index contributed by atoms with van der Waals surface area (Å²) in [6.45, 7) is 2.82. The van der Waals surface area contributed by atoms with Crippen LogP contribution in [-0.4, -0.2) is 42.8 Å². The van der Waals surface area contributed by atoms with Crippen LogP contribution in [0.25, 0.3) is 0 Å². The van der Waals surface area contributed by atoms with E-state index in [1.54, 1.807) is 11.3 Å². The third-order valence-corrected chi connectivity index (χ3v) is 4.60. The molecule has 5 heteroatoms. The van der Waals surface area contributed by atoms with Crippen molar-refractivity contribution in [3.8, 4) is 11.8 Å². The Morgan fingerprint density at radius 2 is 2.29 bits per heavy atom. The second-order valence-corrected chi connectivity index (χ2v) is 6.11. The summed E-state index contributed by atoms with van der Waals surface area (Å²) in [5.41, 5.74) is 1.06. The third-order valence-electron chi connectivity index (χ3n) is 3.69. The van der Waals surface area contributed by atoms with E-state index in [2.05, 4.69) is 22.1 Å². The Kier molecular flexibility index (Phi) is 6.24. The Bertz CT molecular complexity index is 521. The van der Waals surface area contributed by atoms with Gasteiger partial charge < -0.3 is 9.84 Å². The molecule has 0 spiro atoms. The number of hydrogen-bond donors (Lipinski definition) is 1. The van der Waals surface area contributed by atoms with E-state index in [0.717, 1.165) is 38.0 Å². The summed E-state index contributed by atoms with van der Waals surface area (Å²) >= 11 is 1.71. The molecule has 114 valence electrons. The lowest BCUT2D eigenvalue weighted by Gasteiger charge is -2.30. The number of thiophene rings is 1. The zero-order valence-electron chi connectivity index (χ0n) is 12.3. The number of carbonyl (C=O) groups excluding carboxylic acids is 1. The highest BCUT2D eigenvalue weighted by atomic mass is 32.1.